The summed E-state index contributed by atoms with van der Waals surface area (Å²) in [5.74, 6) is 0.574. The van der Waals surface area contributed by atoms with E-state index in [0.717, 1.165) is 19.6 Å². The van der Waals surface area contributed by atoms with E-state index in [2.05, 4.69) is 50.1 Å². The Morgan fingerprint density at radius 1 is 1.16 bits per heavy atom. The number of hydrogen-bond acceptors (Lipinski definition) is 3. The van der Waals surface area contributed by atoms with Gasteiger partial charge in [0.15, 0.2) is 0 Å². The zero-order chi connectivity index (χ0) is 14.3. The van der Waals surface area contributed by atoms with Gasteiger partial charge in [0.05, 0.1) is 0 Å². The van der Waals surface area contributed by atoms with Crippen molar-refractivity contribution < 1.29 is 4.74 Å². The third-order valence-corrected chi connectivity index (χ3v) is 3.60. The van der Waals surface area contributed by atoms with Gasteiger partial charge < -0.3 is 10.5 Å². The molecule has 19 heavy (non-hydrogen) atoms. The van der Waals surface area contributed by atoms with E-state index >= 15 is 0 Å². The molecule has 3 nitrogen and oxygen atoms in total. The van der Waals surface area contributed by atoms with Crippen LogP contribution in [0.1, 0.15) is 43.4 Å². The first-order chi connectivity index (χ1) is 9.10. The zero-order valence-electron chi connectivity index (χ0n) is 12.7. The lowest BCUT2D eigenvalue weighted by Crippen LogP contribution is -2.31. The molecule has 0 amide bonds. The SMILES string of the molecule is COCCCN(C)C(CN)c1ccc(C(C)C)cc1. The molecule has 0 saturated carbocycles. The molecule has 0 saturated heterocycles. The van der Waals surface area contributed by atoms with Crippen LogP contribution in [-0.2, 0) is 4.74 Å². The molecule has 0 spiro atoms. The fourth-order valence-electron chi connectivity index (χ4n) is 2.29. The van der Waals surface area contributed by atoms with Crippen LogP contribution in [-0.4, -0.2) is 38.8 Å². The van der Waals surface area contributed by atoms with E-state index in [1.165, 1.54) is 11.1 Å². The molecule has 0 aliphatic carbocycles. The second-order valence-corrected chi connectivity index (χ2v) is 5.40. The maximum absolute atomic E-state index is 5.93. The van der Waals surface area contributed by atoms with Gasteiger partial charge >= 0.3 is 0 Å². The summed E-state index contributed by atoms with van der Waals surface area (Å²) in [6.45, 7) is 6.87. The summed E-state index contributed by atoms with van der Waals surface area (Å²) in [5, 5.41) is 0. The molecule has 0 aromatic heterocycles. The largest absolute Gasteiger partial charge is 0.385 e. The van der Waals surface area contributed by atoms with Gasteiger partial charge in [-0.15, -0.1) is 0 Å². The van der Waals surface area contributed by atoms with Crippen molar-refractivity contribution in [3.05, 3.63) is 35.4 Å². The minimum absolute atomic E-state index is 0.290. The highest BCUT2D eigenvalue weighted by Crippen LogP contribution is 2.21. The van der Waals surface area contributed by atoms with Crippen LogP contribution in [0.25, 0.3) is 0 Å². The smallest absolute Gasteiger partial charge is 0.0474 e. The maximum atomic E-state index is 5.93. The maximum Gasteiger partial charge on any atom is 0.0474 e. The van der Waals surface area contributed by atoms with E-state index in [1.54, 1.807) is 7.11 Å². The summed E-state index contributed by atoms with van der Waals surface area (Å²) in [7, 11) is 3.87. The Morgan fingerprint density at radius 3 is 2.21 bits per heavy atom. The first-order valence-electron chi connectivity index (χ1n) is 7.09. The third kappa shape index (κ3) is 4.94. The molecule has 0 aliphatic rings. The van der Waals surface area contributed by atoms with Gasteiger partial charge in [-0.3, -0.25) is 4.90 Å². The molecular formula is C16H28N2O. The van der Waals surface area contributed by atoms with Crippen molar-refractivity contribution in [2.75, 3.05) is 33.9 Å². The average molecular weight is 264 g/mol. The predicted molar refractivity (Wildman–Crippen MR) is 81.4 cm³/mol. The van der Waals surface area contributed by atoms with Crippen molar-refractivity contribution in [3.63, 3.8) is 0 Å². The van der Waals surface area contributed by atoms with Crippen molar-refractivity contribution in [1.29, 1.82) is 0 Å². The topological polar surface area (TPSA) is 38.5 Å². The fourth-order valence-corrected chi connectivity index (χ4v) is 2.29. The summed E-state index contributed by atoms with van der Waals surface area (Å²) in [4.78, 5) is 2.31. The van der Waals surface area contributed by atoms with Crippen molar-refractivity contribution >= 4 is 0 Å². The Morgan fingerprint density at radius 2 is 1.74 bits per heavy atom. The Hall–Kier alpha value is -0.900. The minimum Gasteiger partial charge on any atom is -0.385 e. The molecule has 1 unspecified atom stereocenters. The van der Waals surface area contributed by atoms with Crippen molar-refractivity contribution in [1.82, 2.24) is 4.90 Å². The van der Waals surface area contributed by atoms with Gasteiger partial charge in [-0.2, -0.15) is 0 Å². The Kier molecular flexibility index (Phi) is 7.06. The number of nitrogens with zero attached hydrogens (tertiary/aromatic N) is 1. The van der Waals surface area contributed by atoms with E-state index in [-0.39, 0.29) is 6.04 Å². The second-order valence-electron chi connectivity index (χ2n) is 5.40. The van der Waals surface area contributed by atoms with Crippen LogP contribution in [0.15, 0.2) is 24.3 Å². The summed E-state index contributed by atoms with van der Waals surface area (Å²) in [6.07, 6.45) is 1.04. The Balaban J connectivity index is 2.67. The van der Waals surface area contributed by atoms with Crippen LogP contribution >= 0.6 is 0 Å². The van der Waals surface area contributed by atoms with Gasteiger partial charge in [-0.05, 0) is 30.5 Å². The standard InChI is InChI=1S/C16H28N2O/c1-13(2)14-6-8-15(9-7-14)16(12-17)18(3)10-5-11-19-4/h6-9,13,16H,5,10-12,17H2,1-4H3. The van der Waals surface area contributed by atoms with Crippen molar-refractivity contribution in [2.45, 2.75) is 32.2 Å². The van der Waals surface area contributed by atoms with E-state index in [0.29, 0.717) is 12.5 Å². The lowest BCUT2D eigenvalue weighted by atomic mass is 9.98. The van der Waals surface area contributed by atoms with Crippen molar-refractivity contribution in [3.8, 4) is 0 Å². The van der Waals surface area contributed by atoms with Gasteiger partial charge in [0.1, 0.15) is 0 Å². The van der Waals surface area contributed by atoms with Crippen LogP contribution in [0, 0.1) is 0 Å². The first kappa shape index (κ1) is 16.2. The van der Waals surface area contributed by atoms with Gasteiger partial charge in [-0.1, -0.05) is 38.1 Å². The molecule has 1 atom stereocenters. The number of benzene rings is 1. The molecule has 1 rings (SSSR count). The van der Waals surface area contributed by atoms with Crippen LogP contribution < -0.4 is 5.73 Å². The molecule has 0 bridgehead atoms. The van der Waals surface area contributed by atoms with Crippen LogP contribution in [0.4, 0.5) is 0 Å². The van der Waals surface area contributed by atoms with E-state index in [1.807, 2.05) is 0 Å². The number of methoxy groups -OCH3 is 1. The van der Waals surface area contributed by atoms with Gasteiger partial charge in [0.2, 0.25) is 0 Å². The van der Waals surface area contributed by atoms with Gasteiger partial charge in [-0.25, -0.2) is 0 Å². The highest BCUT2D eigenvalue weighted by molar-refractivity contribution is 5.27. The quantitative estimate of drug-likeness (QED) is 0.734. The molecule has 108 valence electrons. The fraction of sp³-hybridized carbons (Fsp3) is 0.625. The van der Waals surface area contributed by atoms with E-state index < -0.39 is 0 Å². The lowest BCUT2D eigenvalue weighted by Gasteiger charge is -2.27. The Bertz CT molecular complexity index is 348. The predicted octanol–water partition coefficient (Wildman–Crippen LogP) is 2.78. The molecule has 3 heteroatoms. The number of rotatable bonds is 8. The monoisotopic (exact) mass is 264 g/mol. The van der Waals surface area contributed by atoms with Crippen LogP contribution in [0.2, 0.25) is 0 Å². The molecule has 0 aliphatic heterocycles. The van der Waals surface area contributed by atoms with Gasteiger partial charge in [0, 0.05) is 32.8 Å². The molecular weight excluding hydrogens is 236 g/mol. The normalized spacial score (nSPS) is 13.2. The van der Waals surface area contributed by atoms with Crippen molar-refractivity contribution in [2.24, 2.45) is 5.73 Å². The summed E-state index contributed by atoms with van der Waals surface area (Å²) in [6, 6.07) is 9.13. The van der Waals surface area contributed by atoms with Crippen LogP contribution in [0.5, 0.6) is 0 Å². The molecule has 1 aromatic rings. The number of hydrogen-bond donors (Lipinski definition) is 1. The van der Waals surface area contributed by atoms with E-state index in [4.69, 9.17) is 10.5 Å². The molecule has 1 aromatic carbocycles. The van der Waals surface area contributed by atoms with Gasteiger partial charge in [0.25, 0.3) is 0 Å². The molecule has 0 radical (unpaired) electrons. The second kappa shape index (κ2) is 8.31. The zero-order valence-corrected chi connectivity index (χ0v) is 12.7. The summed E-state index contributed by atoms with van der Waals surface area (Å²) < 4.78 is 5.10. The molecule has 0 fully saturated rings. The first-order valence-corrected chi connectivity index (χ1v) is 7.09. The highest BCUT2D eigenvalue weighted by atomic mass is 16.5. The minimum atomic E-state index is 0.290. The number of ether oxygens (including phenoxy) is 1. The number of nitrogens with two attached hydrogens (primary N) is 1. The number of likely N-dealkylation sites (N-methyl/N-ethyl adjacent to an activating group) is 1. The molecule has 0 heterocycles. The lowest BCUT2D eigenvalue weighted by molar-refractivity contribution is 0.166. The average Bonchev–Trinajstić information content (AvgIpc) is 2.40. The highest BCUT2D eigenvalue weighted by Gasteiger charge is 2.15. The molecule has 2 N–H and O–H groups in total. The summed E-state index contributed by atoms with van der Waals surface area (Å²) in [5.41, 5.74) is 8.61. The summed E-state index contributed by atoms with van der Waals surface area (Å²) >= 11 is 0. The third-order valence-electron chi connectivity index (χ3n) is 3.60. The van der Waals surface area contributed by atoms with Crippen LogP contribution in [0.3, 0.4) is 0 Å². The van der Waals surface area contributed by atoms with E-state index in [9.17, 15) is 0 Å². The Labute approximate surface area is 117 Å².